The Morgan fingerprint density at radius 3 is 2.52 bits per heavy atom. The summed E-state index contributed by atoms with van der Waals surface area (Å²) in [5.41, 5.74) is -0.0117. The normalized spacial score (nSPS) is 9.78. The highest BCUT2D eigenvalue weighted by Gasteiger charge is 2.17. The van der Waals surface area contributed by atoms with E-state index < -0.39 is 30.0 Å². The molecule has 27 heavy (non-hydrogen) atoms. The lowest BCUT2D eigenvalue weighted by Gasteiger charge is -2.08. The number of halogens is 1. The predicted octanol–water partition coefficient (Wildman–Crippen LogP) is 2.68. The van der Waals surface area contributed by atoms with Crippen LogP contribution >= 0.6 is 11.6 Å². The van der Waals surface area contributed by atoms with Gasteiger partial charge in [0.25, 0.3) is 11.6 Å². The van der Waals surface area contributed by atoms with Gasteiger partial charge in [-0.25, -0.2) is 4.79 Å². The van der Waals surface area contributed by atoms with Gasteiger partial charge in [-0.05, 0) is 36.4 Å². The first-order chi connectivity index (χ1) is 12.9. The fraction of sp³-hybridized carbons (Fsp3) is 0.118. The fourth-order valence-corrected chi connectivity index (χ4v) is 2.08. The molecule has 2 aromatic rings. The van der Waals surface area contributed by atoms with Crippen molar-refractivity contribution in [3.05, 3.63) is 63.2 Å². The van der Waals surface area contributed by atoms with E-state index in [2.05, 4.69) is 5.32 Å². The summed E-state index contributed by atoms with van der Waals surface area (Å²) in [4.78, 5) is 33.7. The van der Waals surface area contributed by atoms with Gasteiger partial charge in [-0.1, -0.05) is 11.6 Å². The van der Waals surface area contributed by atoms with E-state index >= 15 is 0 Å². The SMILES string of the molecule is N#Cc1ccc(OCC(=O)OCC(=O)Nc2cc(Cl)ccc2[N+](=O)[O-])cc1. The van der Waals surface area contributed by atoms with Crippen LogP contribution in [0.3, 0.4) is 0 Å². The van der Waals surface area contributed by atoms with Crippen molar-refractivity contribution >= 4 is 34.9 Å². The summed E-state index contributed by atoms with van der Waals surface area (Å²) < 4.78 is 9.90. The van der Waals surface area contributed by atoms with Gasteiger partial charge in [0, 0.05) is 11.1 Å². The van der Waals surface area contributed by atoms with Crippen LogP contribution in [0.2, 0.25) is 5.02 Å². The number of amides is 1. The largest absolute Gasteiger partial charge is 0.482 e. The maximum Gasteiger partial charge on any atom is 0.344 e. The van der Waals surface area contributed by atoms with Gasteiger partial charge < -0.3 is 14.8 Å². The van der Waals surface area contributed by atoms with E-state index in [1.54, 1.807) is 0 Å². The number of nitrogens with one attached hydrogen (secondary N) is 1. The van der Waals surface area contributed by atoms with E-state index in [0.29, 0.717) is 11.3 Å². The molecule has 0 saturated heterocycles. The summed E-state index contributed by atoms with van der Waals surface area (Å²) in [5.74, 6) is -1.23. The lowest BCUT2D eigenvalue weighted by Crippen LogP contribution is -2.24. The first kappa shape index (κ1) is 19.7. The van der Waals surface area contributed by atoms with Gasteiger partial charge >= 0.3 is 5.97 Å². The Hall–Kier alpha value is -3.64. The fourth-order valence-electron chi connectivity index (χ4n) is 1.91. The number of esters is 1. The molecule has 0 atom stereocenters. The molecule has 0 aliphatic heterocycles. The van der Waals surface area contributed by atoms with E-state index in [1.165, 1.54) is 36.4 Å². The smallest absolute Gasteiger partial charge is 0.344 e. The summed E-state index contributed by atoms with van der Waals surface area (Å²) in [6, 6.07) is 11.7. The minimum atomic E-state index is -0.810. The zero-order chi connectivity index (χ0) is 19.8. The Balaban J connectivity index is 1.83. The van der Waals surface area contributed by atoms with E-state index in [1.807, 2.05) is 6.07 Å². The van der Waals surface area contributed by atoms with Gasteiger partial charge in [-0.3, -0.25) is 14.9 Å². The molecule has 138 valence electrons. The number of carbonyl (C=O) groups is 2. The summed E-state index contributed by atoms with van der Waals surface area (Å²) >= 11 is 5.76. The molecule has 0 unspecified atom stereocenters. The second kappa shape index (κ2) is 9.17. The zero-order valence-corrected chi connectivity index (χ0v) is 14.4. The lowest BCUT2D eigenvalue weighted by molar-refractivity contribution is -0.383. The van der Waals surface area contributed by atoms with Gasteiger partial charge in [0.1, 0.15) is 11.4 Å². The van der Waals surface area contributed by atoms with Crippen molar-refractivity contribution in [2.75, 3.05) is 18.5 Å². The molecule has 0 bridgehead atoms. The number of nitrogens with zero attached hydrogens (tertiary/aromatic N) is 2. The van der Waals surface area contributed by atoms with Crippen molar-refractivity contribution in [1.82, 2.24) is 0 Å². The molecule has 2 aromatic carbocycles. The molecule has 10 heteroatoms. The second-order valence-corrected chi connectivity index (χ2v) is 5.49. The number of carbonyl (C=O) groups excluding carboxylic acids is 2. The molecule has 0 aromatic heterocycles. The number of hydrogen-bond acceptors (Lipinski definition) is 7. The summed E-state index contributed by atoms with van der Waals surface area (Å²) in [7, 11) is 0. The van der Waals surface area contributed by atoms with E-state index in [0.717, 1.165) is 6.07 Å². The Kier molecular flexibility index (Phi) is 6.68. The standard InChI is InChI=1S/C17H12ClN3O6/c18-12-3-6-15(21(24)25)14(7-12)20-16(22)9-27-17(23)10-26-13-4-1-11(8-19)2-5-13/h1-7H,9-10H2,(H,20,22). The highest BCUT2D eigenvalue weighted by Crippen LogP contribution is 2.27. The molecule has 0 heterocycles. The van der Waals surface area contributed by atoms with Gasteiger partial charge in [-0.15, -0.1) is 0 Å². The zero-order valence-electron chi connectivity index (χ0n) is 13.7. The molecular weight excluding hydrogens is 378 g/mol. The van der Waals surface area contributed by atoms with Gasteiger partial charge in [0.05, 0.1) is 16.6 Å². The number of benzene rings is 2. The minimum absolute atomic E-state index is 0.109. The molecule has 1 N–H and O–H groups in total. The third-order valence-electron chi connectivity index (χ3n) is 3.13. The highest BCUT2D eigenvalue weighted by molar-refractivity contribution is 6.31. The average molecular weight is 390 g/mol. The van der Waals surface area contributed by atoms with E-state index in [4.69, 9.17) is 26.3 Å². The van der Waals surface area contributed by atoms with Gasteiger partial charge in [-0.2, -0.15) is 5.26 Å². The molecule has 0 aliphatic carbocycles. The highest BCUT2D eigenvalue weighted by atomic mass is 35.5. The topological polar surface area (TPSA) is 132 Å². The summed E-state index contributed by atoms with van der Waals surface area (Å²) in [6.45, 7) is -1.10. The third kappa shape index (κ3) is 5.98. The van der Waals surface area contributed by atoms with Crippen LogP contribution in [-0.2, 0) is 14.3 Å². The van der Waals surface area contributed by atoms with Crippen molar-refractivity contribution in [1.29, 1.82) is 5.26 Å². The van der Waals surface area contributed by atoms with Crippen LogP contribution in [0.15, 0.2) is 42.5 Å². The van der Waals surface area contributed by atoms with Crippen LogP contribution in [0, 0.1) is 21.4 Å². The molecule has 1 amide bonds. The van der Waals surface area contributed by atoms with Crippen molar-refractivity contribution in [3.8, 4) is 11.8 Å². The minimum Gasteiger partial charge on any atom is -0.482 e. The maximum atomic E-state index is 11.8. The summed E-state index contributed by atoms with van der Waals surface area (Å²) in [5, 5.41) is 22.1. The quantitative estimate of drug-likeness (QED) is 0.437. The Labute approximate surface area is 158 Å². The molecule has 2 rings (SSSR count). The molecular formula is C17H12ClN3O6. The first-order valence-corrected chi connectivity index (χ1v) is 7.79. The maximum absolute atomic E-state index is 11.8. The van der Waals surface area contributed by atoms with Gasteiger partial charge in [0.15, 0.2) is 13.2 Å². The molecule has 0 radical (unpaired) electrons. The number of ether oxygens (including phenoxy) is 2. The Bertz CT molecular complexity index is 908. The number of nitro groups is 1. The van der Waals surface area contributed by atoms with E-state index in [-0.39, 0.29) is 16.4 Å². The number of rotatable bonds is 7. The molecule has 0 fully saturated rings. The third-order valence-corrected chi connectivity index (χ3v) is 3.37. The number of hydrogen-bond donors (Lipinski definition) is 1. The Morgan fingerprint density at radius 1 is 1.19 bits per heavy atom. The van der Waals surface area contributed by atoms with Crippen molar-refractivity contribution in [2.24, 2.45) is 0 Å². The lowest BCUT2D eigenvalue weighted by atomic mass is 10.2. The van der Waals surface area contributed by atoms with Crippen LogP contribution in [0.1, 0.15) is 5.56 Å². The monoisotopic (exact) mass is 389 g/mol. The second-order valence-electron chi connectivity index (χ2n) is 5.05. The molecule has 0 spiro atoms. The van der Waals surface area contributed by atoms with Crippen LogP contribution in [-0.4, -0.2) is 30.0 Å². The van der Waals surface area contributed by atoms with Crippen molar-refractivity contribution < 1.29 is 24.0 Å². The first-order valence-electron chi connectivity index (χ1n) is 7.41. The number of nitro benzene ring substituents is 1. The van der Waals surface area contributed by atoms with Crippen LogP contribution in [0.5, 0.6) is 5.75 Å². The Morgan fingerprint density at radius 2 is 1.89 bits per heavy atom. The van der Waals surface area contributed by atoms with Crippen molar-refractivity contribution in [2.45, 2.75) is 0 Å². The average Bonchev–Trinajstić information content (AvgIpc) is 2.65. The number of anilines is 1. The molecule has 0 aliphatic rings. The van der Waals surface area contributed by atoms with Crippen LogP contribution < -0.4 is 10.1 Å². The molecule has 9 nitrogen and oxygen atoms in total. The van der Waals surface area contributed by atoms with Crippen LogP contribution in [0.4, 0.5) is 11.4 Å². The number of nitriles is 1. The van der Waals surface area contributed by atoms with Crippen LogP contribution in [0.25, 0.3) is 0 Å². The summed E-state index contributed by atoms with van der Waals surface area (Å²) in [6.07, 6.45) is 0. The van der Waals surface area contributed by atoms with E-state index in [9.17, 15) is 19.7 Å². The predicted molar refractivity (Wildman–Crippen MR) is 94.3 cm³/mol. The van der Waals surface area contributed by atoms with Gasteiger partial charge in [0.2, 0.25) is 0 Å². The van der Waals surface area contributed by atoms with Crippen molar-refractivity contribution in [3.63, 3.8) is 0 Å². The molecule has 0 saturated carbocycles.